The summed E-state index contributed by atoms with van der Waals surface area (Å²) >= 11 is 7.37. The average Bonchev–Trinajstić information content (AvgIpc) is 2.75. The molecule has 5 heteroatoms. The van der Waals surface area contributed by atoms with Crippen LogP contribution >= 0.6 is 23.4 Å². The van der Waals surface area contributed by atoms with Crippen LogP contribution < -0.4 is 0 Å². The summed E-state index contributed by atoms with van der Waals surface area (Å²) < 4.78 is 0. The van der Waals surface area contributed by atoms with Gasteiger partial charge in [-0.05, 0) is 24.3 Å². The molecule has 0 bridgehead atoms. The molecule has 0 heterocycles. The number of hydrogen-bond acceptors (Lipinski definition) is 4. The van der Waals surface area contributed by atoms with Gasteiger partial charge < -0.3 is 0 Å². The fourth-order valence-corrected chi connectivity index (χ4v) is 4.48. The molecule has 0 amide bonds. The highest BCUT2D eigenvalue weighted by molar-refractivity contribution is 8.04. The molecule has 3 aromatic rings. The number of ketones is 3. The van der Waals surface area contributed by atoms with Crippen molar-refractivity contribution in [3.8, 4) is 0 Å². The summed E-state index contributed by atoms with van der Waals surface area (Å²) in [5, 5.41) is 0.324. The molecular formula is C24H15ClO3S. The third kappa shape index (κ3) is 3.82. The van der Waals surface area contributed by atoms with Crippen molar-refractivity contribution < 1.29 is 14.4 Å². The summed E-state index contributed by atoms with van der Waals surface area (Å²) in [6.07, 6.45) is -0.183. The van der Waals surface area contributed by atoms with Crippen LogP contribution in [0.5, 0.6) is 0 Å². The second-order valence-corrected chi connectivity index (χ2v) is 8.00. The predicted molar refractivity (Wildman–Crippen MR) is 115 cm³/mol. The zero-order valence-corrected chi connectivity index (χ0v) is 16.8. The van der Waals surface area contributed by atoms with Gasteiger partial charge in [-0.15, -0.1) is 0 Å². The van der Waals surface area contributed by atoms with E-state index < -0.39 is 0 Å². The largest absolute Gasteiger partial charge is 0.294 e. The van der Waals surface area contributed by atoms with Gasteiger partial charge in [-0.25, -0.2) is 0 Å². The minimum Gasteiger partial charge on any atom is -0.294 e. The normalized spacial score (nSPS) is 13.4. The molecule has 0 unspecified atom stereocenters. The quantitative estimate of drug-likeness (QED) is 0.474. The smallest absolute Gasteiger partial charge is 0.200 e. The number of hydrogen-bond donors (Lipinski definition) is 0. The lowest BCUT2D eigenvalue weighted by molar-refractivity contribution is 0.0946. The van der Waals surface area contributed by atoms with Gasteiger partial charge in [-0.3, -0.25) is 14.4 Å². The Labute approximate surface area is 177 Å². The Balaban J connectivity index is 1.79. The summed E-state index contributed by atoms with van der Waals surface area (Å²) in [6.45, 7) is 0. The van der Waals surface area contributed by atoms with Gasteiger partial charge in [0, 0.05) is 33.6 Å². The number of fused-ring (bicyclic) bond motifs is 1. The van der Waals surface area contributed by atoms with Gasteiger partial charge in [0.15, 0.2) is 11.6 Å². The summed E-state index contributed by atoms with van der Waals surface area (Å²) in [4.78, 5) is 40.4. The summed E-state index contributed by atoms with van der Waals surface area (Å²) in [5.41, 5.74) is 1.25. The van der Waals surface area contributed by atoms with Crippen molar-refractivity contribution in [3.63, 3.8) is 0 Å². The standard InChI is InChI=1S/C24H15ClO3S/c25-20-13-7-6-12-18(20)21(26)14-19-22(27)16-10-4-5-11-17(16)23(28)24(19)29-15-8-2-1-3-9-15/h1-13H,14H2. The predicted octanol–water partition coefficient (Wildman–Crippen LogP) is 6.04. The molecule has 0 aromatic heterocycles. The highest BCUT2D eigenvalue weighted by Crippen LogP contribution is 2.38. The number of rotatable bonds is 5. The topological polar surface area (TPSA) is 51.2 Å². The first-order valence-corrected chi connectivity index (χ1v) is 10.2. The van der Waals surface area contributed by atoms with Crippen molar-refractivity contribution in [2.24, 2.45) is 0 Å². The number of carbonyl (C=O) groups excluding carboxylic acids is 3. The second kappa shape index (κ2) is 8.19. The summed E-state index contributed by atoms with van der Waals surface area (Å²) in [7, 11) is 0. The molecule has 0 spiro atoms. The number of benzene rings is 3. The monoisotopic (exact) mass is 418 g/mol. The van der Waals surface area contributed by atoms with Crippen LogP contribution in [0.15, 0.2) is 94.2 Å². The molecule has 0 saturated heterocycles. The number of thioether (sulfide) groups is 1. The molecule has 29 heavy (non-hydrogen) atoms. The van der Waals surface area contributed by atoms with Crippen molar-refractivity contribution >= 4 is 40.7 Å². The number of allylic oxidation sites excluding steroid dienone is 2. The van der Waals surface area contributed by atoms with Crippen LogP contribution in [0.2, 0.25) is 5.02 Å². The molecular weight excluding hydrogens is 404 g/mol. The lowest BCUT2D eigenvalue weighted by Crippen LogP contribution is -2.22. The molecule has 0 aliphatic heterocycles. The van der Waals surface area contributed by atoms with E-state index in [9.17, 15) is 14.4 Å². The zero-order valence-electron chi connectivity index (χ0n) is 15.2. The number of halogens is 1. The van der Waals surface area contributed by atoms with Gasteiger partial charge >= 0.3 is 0 Å². The van der Waals surface area contributed by atoms with E-state index in [0.29, 0.717) is 26.6 Å². The Morgan fingerprint density at radius 2 is 1.34 bits per heavy atom. The minimum atomic E-state index is -0.294. The van der Waals surface area contributed by atoms with Crippen LogP contribution in [0.1, 0.15) is 37.5 Å². The Morgan fingerprint density at radius 1 is 0.759 bits per heavy atom. The first-order valence-electron chi connectivity index (χ1n) is 8.98. The van der Waals surface area contributed by atoms with E-state index in [0.717, 1.165) is 4.90 Å². The van der Waals surface area contributed by atoms with Crippen LogP contribution in [0.3, 0.4) is 0 Å². The Bertz CT molecular complexity index is 1170. The van der Waals surface area contributed by atoms with E-state index in [1.54, 1.807) is 48.5 Å². The first-order chi connectivity index (χ1) is 14.1. The fourth-order valence-electron chi connectivity index (χ4n) is 3.22. The molecule has 0 saturated carbocycles. The van der Waals surface area contributed by atoms with Crippen LogP contribution in [-0.4, -0.2) is 17.3 Å². The minimum absolute atomic E-state index is 0.183. The number of carbonyl (C=O) groups is 3. The number of Topliss-reactive ketones (excluding diaryl/α,β-unsaturated/α-hetero) is 3. The molecule has 0 atom stereocenters. The van der Waals surface area contributed by atoms with Crippen molar-refractivity contribution in [1.82, 2.24) is 0 Å². The lowest BCUT2D eigenvalue weighted by Gasteiger charge is -2.20. The van der Waals surface area contributed by atoms with E-state index in [2.05, 4.69) is 0 Å². The maximum absolute atomic E-state index is 13.2. The molecule has 0 fully saturated rings. The van der Waals surface area contributed by atoms with Crippen molar-refractivity contribution in [3.05, 3.63) is 111 Å². The van der Waals surface area contributed by atoms with Crippen molar-refractivity contribution in [2.45, 2.75) is 11.3 Å². The van der Waals surface area contributed by atoms with Crippen molar-refractivity contribution in [1.29, 1.82) is 0 Å². The van der Waals surface area contributed by atoms with Gasteiger partial charge in [0.2, 0.25) is 5.78 Å². The maximum Gasteiger partial charge on any atom is 0.200 e. The third-order valence-electron chi connectivity index (χ3n) is 4.65. The van der Waals surface area contributed by atoms with E-state index in [-0.39, 0.29) is 29.3 Å². The Kier molecular flexibility index (Phi) is 5.47. The van der Waals surface area contributed by atoms with Crippen LogP contribution in [0.4, 0.5) is 0 Å². The summed E-state index contributed by atoms with van der Waals surface area (Å²) in [6, 6.07) is 22.8. The van der Waals surface area contributed by atoms with Gasteiger partial charge in [-0.1, -0.05) is 78.0 Å². The third-order valence-corrected chi connectivity index (χ3v) is 6.12. The second-order valence-electron chi connectivity index (χ2n) is 6.51. The maximum atomic E-state index is 13.2. The summed E-state index contributed by atoms with van der Waals surface area (Å²) in [5.74, 6) is -0.827. The fraction of sp³-hybridized carbons (Fsp3) is 0.0417. The molecule has 1 aliphatic rings. The molecule has 0 N–H and O–H groups in total. The van der Waals surface area contributed by atoms with E-state index in [4.69, 9.17) is 11.6 Å². The van der Waals surface area contributed by atoms with Crippen molar-refractivity contribution in [2.75, 3.05) is 0 Å². The van der Waals surface area contributed by atoms with Crippen LogP contribution in [0.25, 0.3) is 0 Å². The highest BCUT2D eigenvalue weighted by Gasteiger charge is 2.33. The SMILES string of the molecule is O=C(CC1=C(Sc2ccccc2)C(=O)c2ccccc2C1=O)c1ccccc1Cl. The zero-order chi connectivity index (χ0) is 20.4. The van der Waals surface area contributed by atoms with Gasteiger partial charge in [0.25, 0.3) is 0 Å². The van der Waals surface area contributed by atoms with Gasteiger partial charge in [-0.2, -0.15) is 0 Å². The molecule has 4 rings (SSSR count). The molecule has 142 valence electrons. The van der Waals surface area contributed by atoms with E-state index >= 15 is 0 Å². The average molecular weight is 419 g/mol. The molecule has 0 radical (unpaired) electrons. The van der Waals surface area contributed by atoms with E-state index in [1.807, 2.05) is 30.3 Å². The molecule has 3 nitrogen and oxygen atoms in total. The van der Waals surface area contributed by atoms with Gasteiger partial charge in [0.1, 0.15) is 0 Å². The van der Waals surface area contributed by atoms with E-state index in [1.165, 1.54) is 11.8 Å². The first kappa shape index (κ1) is 19.4. The van der Waals surface area contributed by atoms with Crippen LogP contribution in [0, 0.1) is 0 Å². The Hall–Kier alpha value is -2.95. The molecule has 3 aromatic carbocycles. The molecule has 1 aliphatic carbocycles. The Morgan fingerprint density at radius 3 is 2.03 bits per heavy atom. The van der Waals surface area contributed by atoms with Crippen LogP contribution in [-0.2, 0) is 0 Å². The lowest BCUT2D eigenvalue weighted by atomic mass is 9.86. The van der Waals surface area contributed by atoms with Gasteiger partial charge in [0.05, 0.1) is 9.93 Å². The highest BCUT2D eigenvalue weighted by atomic mass is 35.5.